The summed E-state index contributed by atoms with van der Waals surface area (Å²) in [4.78, 5) is 12.1. The molecule has 2 aromatic rings. The van der Waals surface area contributed by atoms with Crippen molar-refractivity contribution in [3.8, 4) is 0 Å². The topological polar surface area (TPSA) is 64.4 Å². The van der Waals surface area contributed by atoms with Crippen LogP contribution in [0.2, 0.25) is 0 Å². The van der Waals surface area contributed by atoms with Crippen LogP contribution >= 0.6 is 0 Å². The van der Waals surface area contributed by atoms with Crippen molar-refractivity contribution in [1.82, 2.24) is 5.32 Å². The van der Waals surface area contributed by atoms with Crippen LogP contribution in [-0.4, -0.2) is 31.2 Å². The molecule has 116 valence electrons. The van der Waals surface area contributed by atoms with Gasteiger partial charge in [0.15, 0.2) is 0 Å². The molecule has 22 heavy (non-hydrogen) atoms. The third-order valence-corrected chi connectivity index (χ3v) is 4.24. The average molecular weight is 298 g/mol. The zero-order chi connectivity index (χ0) is 15.4. The smallest absolute Gasteiger partial charge is 0.249 e. The van der Waals surface area contributed by atoms with Crippen molar-refractivity contribution in [2.24, 2.45) is 5.73 Å². The van der Waals surface area contributed by atoms with E-state index in [0.29, 0.717) is 13.1 Å². The number of hydrogen-bond acceptors (Lipinski definition) is 3. The van der Waals surface area contributed by atoms with Gasteiger partial charge in [-0.3, -0.25) is 4.79 Å². The summed E-state index contributed by atoms with van der Waals surface area (Å²) in [6.45, 7) is 1.11. The van der Waals surface area contributed by atoms with Crippen LogP contribution in [0, 0.1) is 0 Å². The van der Waals surface area contributed by atoms with E-state index in [1.165, 1.54) is 16.3 Å². The summed E-state index contributed by atoms with van der Waals surface area (Å²) in [6.07, 6.45) is 2.16. The zero-order valence-corrected chi connectivity index (χ0v) is 12.6. The molecule has 0 saturated carbocycles. The van der Waals surface area contributed by atoms with E-state index in [1.54, 1.807) is 0 Å². The van der Waals surface area contributed by atoms with Gasteiger partial charge >= 0.3 is 0 Å². The molecule has 1 aliphatic rings. The number of amides is 1. The van der Waals surface area contributed by atoms with E-state index in [4.69, 9.17) is 10.5 Å². The second-order valence-corrected chi connectivity index (χ2v) is 5.74. The van der Waals surface area contributed by atoms with Crippen LogP contribution < -0.4 is 11.1 Å². The molecule has 4 nitrogen and oxygen atoms in total. The summed E-state index contributed by atoms with van der Waals surface area (Å²) in [7, 11) is 0. The molecule has 1 heterocycles. The molecule has 0 spiro atoms. The van der Waals surface area contributed by atoms with Crippen LogP contribution in [0.15, 0.2) is 42.5 Å². The molecule has 1 aliphatic heterocycles. The molecule has 4 heteroatoms. The zero-order valence-electron chi connectivity index (χ0n) is 12.6. The van der Waals surface area contributed by atoms with Gasteiger partial charge in [-0.15, -0.1) is 0 Å². The van der Waals surface area contributed by atoms with Crippen molar-refractivity contribution in [3.63, 3.8) is 0 Å². The van der Waals surface area contributed by atoms with E-state index in [0.717, 1.165) is 19.3 Å². The second-order valence-electron chi connectivity index (χ2n) is 5.74. The maximum Gasteiger partial charge on any atom is 0.249 e. The Morgan fingerprint density at radius 1 is 1.18 bits per heavy atom. The average Bonchev–Trinajstić information content (AvgIpc) is 3.04. The quantitative estimate of drug-likeness (QED) is 0.887. The predicted octanol–water partition coefficient (Wildman–Crippen LogP) is 2.00. The van der Waals surface area contributed by atoms with Gasteiger partial charge in [0.1, 0.15) is 6.10 Å². The molecule has 1 saturated heterocycles. The molecule has 2 aromatic carbocycles. The Morgan fingerprint density at radius 3 is 2.82 bits per heavy atom. The van der Waals surface area contributed by atoms with E-state index < -0.39 is 0 Å². The summed E-state index contributed by atoms with van der Waals surface area (Å²) < 4.78 is 5.61. The lowest BCUT2D eigenvalue weighted by Gasteiger charge is -2.13. The lowest BCUT2D eigenvalue weighted by Crippen LogP contribution is -2.36. The largest absolute Gasteiger partial charge is 0.364 e. The Kier molecular flexibility index (Phi) is 4.71. The van der Waals surface area contributed by atoms with Gasteiger partial charge in [-0.25, -0.2) is 0 Å². The van der Waals surface area contributed by atoms with Crippen LogP contribution in [-0.2, 0) is 16.0 Å². The predicted molar refractivity (Wildman–Crippen MR) is 87.6 cm³/mol. The van der Waals surface area contributed by atoms with Crippen LogP contribution in [0.3, 0.4) is 0 Å². The first kappa shape index (κ1) is 15.0. The van der Waals surface area contributed by atoms with E-state index in [1.807, 2.05) is 12.1 Å². The summed E-state index contributed by atoms with van der Waals surface area (Å²) in [6, 6.07) is 14.6. The first-order valence-electron chi connectivity index (χ1n) is 7.88. The van der Waals surface area contributed by atoms with Gasteiger partial charge < -0.3 is 15.8 Å². The molecular weight excluding hydrogens is 276 g/mol. The number of carbonyl (C=O) groups is 1. The Bertz CT molecular complexity index is 651. The summed E-state index contributed by atoms with van der Waals surface area (Å²) >= 11 is 0. The minimum atomic E-state index is -0.332. The first-order chi connectivity index (χ1) is 10.8. The molecule has 0 radical (unpaired) electrons. The van der Waals surface area contributed by atoms with Gasteiger partial charge in [0.25, 0.3) is 0 Å². The molecule has 3 rings (SSSR count). The van der Waals surface area contributed by atoms with Gasteiger partial charge in [0.05, 0.1) is 6.10 Å². The number of hydrogen-bond donors (Lipinski definition) is 2. The highest BCUT2D eigenvalue weighted by Gasteiger charge is 2.29. The maximum atomic E-state index is 12.1. The Labute approximate surface area is 130 Å². The highest BCUT2D eigenvalue weighted by atomic mass is 16.5. The van der Waals surface area contributed by atoms with E-state index in [-0.39, 0.29) is 18.1 Å². The number of fused-ring (bicyclic) bond motifs is 1. The third kappa shape index (κ3) is 3.29. The van der Waals surface area contributed by atoms with Crippen molar-refractivity contribution < 1.29 is 9.53 Å². The number of carbonyl (C=O) groups excluding carboxylic acids is 1. The normalized spacial score (nSPS) is 21.1. The fourth-order valence-corrected chi connectivity index (χ4v) is 3.02. The van der Waals surface area contributed by atoms with Crippen molar-refractivity contribution in [2.75, 3.05) is 13.1 Å². The second kappa shape index (κ2) is 6.90. The number of benzene rings is 2. The molecule has 0 unspecified atom stereocenters. The monoisotopic (exact) mass is 298 g/mol. The number of rotatable bonds is 5. The van der Waals surface area contributed by atoms with E-state index in [9.17, 15) is 4.79 Å². The summed E-state index contributed by atoms with van der Waals surface area (Å²) in [5.74, 6) is -0.0174. The van der Waals surface area contributed by atoms with Crippen molar-refractivity contribution in [1.29, 1.82) is 0 Å². The summed E-state index contributed by atoms with van der Waals surface area (Å²) in [5.41, 5.74) is 6.82. The van der Waals surface area contributed by atoms with Crippen molar-refractivity contribution >= 4 is 16.7 Å². The minimum Gasteiger partial charge on any atom is -0.364 e. The molecule has 1 amide bonds. The highest BCUT2D eigenvalue weighted by Crippen LogP contribution is 2.20. The fraction of sp³-hybridized carbons (Fsp3) is 0.389. The molecule has 2 atom stereocenters. The standard InChI is InChI=1S/C18H22N2O2/c19-12-15-8-9-17(22-15)18(21)20-11-10-14-6-3-5-13-4-1-2-7-16(13)14/h1-7,15,17H,8-12,19H2,(H,20,21)/t15-,17+/m1/s1. The molecule has 1 fully saturated rings. The van der Waals surface area contributed by atoms with Gasteiger partial charge in [0.2, 0.25) is 5.91 Å². The van der Waals surface area contributed by atoms with Gasteiger partial charge in [0, 0.05) is 13.1 Å². The SMILES string of the molecule is NC[C@H]1CC[C@@H](C(=O)NCCc2cccc3ccccc23)O1. The Hall–Kier alpha value is -1.91. The van der Waals surface area contributed by atoms with Crippen molar-refractivity contribution in [2.45, 2.75) is 31.5 Å². The molecule has 3 N–H and O–H groups in total. The van der Waals surface area contributed by atoms with E-state index >= 15 is 0 Å². The highest BCUT2D eigenvalue weighted by molar-refractivity contribution is 5.86. The Balaban J connectivity index is 1.55. The fourth-order valence-electron chi connectivity index (χ4n) is 3.02. The number of ether oxygens (including phenoxy) is 1. The maximum absolute atomic E-state index is 12.1. The number of nitrogens with two attached hydrogens (primary N) is 1. The van der Waals surface area contributed by atoms with E-state index in [2.05, 4.69) is 35.6 Å². The molecule has 0 aliphatic carbocycles. The molecule has 0 aromatic heterocycles. The first-order valence-corrected chi connectivity index (χ1v) is 7.88. The molecular formula is C18H22N2O2. The summed E-state index contributed by atoms with van der Waals surface area (Å²) in [5, 5.41) is 5.46. The van der Waals surface area contributed by atoms with Gasteiger partial charge in [-0.1, -0.05) is 42.5 Å². The van der Waals surface area contributed by atoms with Crippen LogP contribution in [0.5, 0.6) is 0 Å². The molecule has 0 bridgehead atoms. The minimum absolute atomic E-state index is 0.0174. The van der Waals surface area contributed by atoms with Gasteiger partial charge in [-0.05, 0) is 35.6 Å². The van der Waals surface area contributed by atoms with Gasteiger partial charge in [-0.2, -0.15) is 0 Å². The lowest BCUT2D eigenvalue weighted by molar-refractivity contribution is -0.131. The van der Waals surface area contributed by atoms with Crippen LogP contribution in [0.25, 0.3) is 10.8 Å². The van der Waals surface area contributed by atoms with Crippen LogP contribution in [0.4, 0.5) is 0 Å². The Morgan fingerprint density at radius 2 is 2.00 bits per heavy atom. The third-order valence-electron chi connectivity index (χ3n) is 4.24. The van der Waals surface area contributed by atoms with Crippen molar-refractivity contribution in [3.05, 3.63) is 48.0 Å². The lowest BCUT2D eigenvalue weighted by atomic mass is 10.0. The van der Waals surface area contributed by atoms with Crippen LogP contribution in [0.1, 0.15) is 18.4 Å². The number of nitrogens with one attached hydrogen (secondary N) is 1.